The summed E-state index contributed by atoms with van der Waals surface area (Å²) in [7, 11) is -1.80. The van der Waals surface area contributed by atoms with Crippen molar-refractivity contribution in [1.29, 1.82) is 0 Å². The predicted octanol–water partition coefficient (Wildman–Crippen LogP) is 1.84. The summed E-state index contributed by atoms with van der Waals surface area (Å²) in [5, 5.41) is 7.28. The Labute approximate surface area is 134 Å². The molecule has 7 nitrogen and oxygen atoms in total. The predicted molar refractivity (Wildman–Crippen MR) is 82.8 cm³/mol. The van der Waals surface area contributed by atoms with Gasteiger partial charge in [0.1, 0.15) is 11.5 Å². The molecule has 1 atom stereocenters. The second-order valence-corrected chi connectivity index (χ2v) is 7.66. The number of hydrogen-bond acceptors (Lipinski definition) is 7. The maximum atomic E-state index is 12.4. The van der Waals surface area contributed by atoms with Crippen molar-refractivity contribution in [2.75, 3.05) is 20.3 Å². The monoisotopic (exact) mass is 338 g/mol. The van der Waals surface area contributed by atoms with Crippen molar-refractivity contribution in [3.63, 3.8) is 0 Å². The van der Waals surface area contributed by atoms with E-state index in [-0.39, 0.29) is 24.1 Å². The summed E-state index contributed by atoms with van der Waals surface area (Å²) in [6.07, 6.45) is 1.36. The van der Waals surface area contributed by atoms with E-state index in [9.17, 15) is 8.42 Å². The van der Waals surface area contributed by atoms with E-state index >= 15 is 0 Å². The van der Waals surface area contributed by atoms with Crippen molar-refractivity contribution in [3.8, 4) is 17.2 Å². The Hall–Kier alpha value is -1.93. The van der Waals surface area contributed by atoms with Crippen molar-refractivity contribution in [3.05, 3.63) is 30.2 Å². The Morgan fingerprint density at radius 3 is 2.96 bits per heavy atom. The highest BCUT2D eigenvalue weighted by Crippen LogP contribution is 2.24. The third-order valence-electron chi connectivity index (χ3n) is 3.73. The van der Waals surface area contributed by atoms with Gasteiger partial charge in [-0.1, -0.05) is 6.07 Å². The first kappa shape index (κ1) is 15.9. The molecule has 124 valence electrons. The Morgan fingerprint density at radius 1 is 1.35 bits per heavy atom. The number of methoxy groups -OCH3 is 1. The molecule has 1 aliphatic rings. The number of ether oxygens (including phenoxy) is 2. The Balaban J connectivity index is 1.76. The lowest BCUT2D eigenvalue weighted by Gasteiger charge is -2.21. The molecule has 0 bridgehead atoms. The molecule has 1 aliphatic heterocycles. The topological polar surface area (TPSA) is 91.5 Å². The maximum Gasteiger partial charge on any atom is 0.247 e. The first-order chi connectivity index (χ1) is 11.1. The summed E-state index contributed by atoms with van der Waals surface area (Å²) < 4.78 is 40.6. The lowest BCUT2D eigenvalue weighted by Crippen LogP contribution is -2.31. The van der Waals surface area contributed by atoms with Crippen LogP contribution in [0.15, 0.2) is 28.7 Å². The van der Waals surface area contributed by atoms with Crippen molar-refractivity contribution in [1.82, 2.24) is 10.2 Å². The molecule has 23 heavy (non-hydrogen) atoms. The second kappa shape index (κ2) is 6.67. The third-order valence-corrected chi connectivity index (χ3v) is 5.77. The van der Waals surface area contributed by atoms with Gasteiger partial charge in [-0.25, -0.2) is 8.42 Å². The fourth-order valence-electron chi connectivity index (χ4n) is 2.47. The van der Waals surface area contributed by atoms with Crippen LogP contribution >= 0.6 is 0 Å². The highest BCUT2D eigenvalue weighted by Gasteiger charge is 2.30. The zero-order valence-electron chi connectivity index (χ0n) is 12.8. The third kappa shape index (κ3) is 3.70. The molecule has 0 N–H and O–H groups in total. The minimum atomic E-state index is -3.36. The summed E-state index contributed by atoms with van der Waals surface area (Å²) in [6.45, 7) is 0.853. The van der Waals surface area contributed by atoms with Crippen molar-refractivity contribution in [2.24, 2.45) is 0 Å². The van der Waals surface area contributed by atoms with Crippen molar-refractivity contribution in [2.45, 2.75) is 23.8 Å². The molecule has 1 fully saturated rings. The molecule has 2 aromatic rings. The van der Waals surface area contributed by atoms with Gasteiger partial charge in [0.25, 0.3) is 0 Å². The first-order valence-corrected chi connectivity index (χ1v) is 9.06. The van der Waals surface area contributed by atoms with Crippen LogP contribution in [-0.4, -0.2) is 44.2 Å². The Bertz CT molecular complexity index is 766. The average molecular weight is 338 g/mol. The van der Waals surface area contributed by atoms with E-state index in [0.29, 0.717) is 24.3 Å². The summed E-state index contributed by atoms with van der Waals surface area (Å²) in [4.78, 5) is 0. The van der Waals surface area contributed by atoms with E-state index < -0.39 is 15.1 Å². The molecule has 0 amide bonds. The maximum absolute atomic E-state index is 12.4. The zero-order valence-corrected chi connectivity index (χ0v) is 13.6. The highest BCUT2D eigenvalue weighted by atomic mass is 32.2. The highest BCUT2D eigenvalue weighted by molar-refractivity contribution is 7.91. The van der Waals surface area contributed by atoms with Crippen LogP contribution in [0.25, 0.3) is 11.5 Å². The number of nitrogens with zero attached hydrogens (tertiary/aromatic N) is 2. The summed E-state index contributed by atoms with van der Waals surface area (Å²) in [5.74, 6) is 0.759. The molecule has 0 aliphatic carbocycles. The van der Waals surface area contributed by atoms with Gasteiger partial charge in [0.2, 0.25) is 11.8 Å². The lowest BCUT2D eigenvalue weighted by atomic mass is 10.2. The molecule has 0 radical (unpaired) electrons. The van der Waals surface area contributed by atoms with Gasteiger partial charge < -0.3 is 13.9 Å². The van der Waals surface area contributed by atoms with Crippen molar-refractivity contribution >= 4 is 9.84 Å². The molecule has 8 heteroatoms. The van der Waals surface area contributed by atoms with E-state index in [1.807, 2.05) is 0 Å². The van der Waals surface area contributed by atoms with Crippen LogP contribution in [0, 0.1) is 0 Å². The minimum absolute atomic E-state index is 0.0911. The quantitative estimate of drug-likeness (QED) is 0.821. The summed E-state index contributed by atoms with van der Waals surface area (Å²) >= 11 is 0. The fourth-order valence-corrected chi connectivity index (χ4v) is 3.99. The summed E-state index contributed by atoms with van der Waals surface area (Å²) in [5.41, 5.74) is 0.682. The van der Waals surface area contributed by atoms with Crippen LogP contribution in [0.3, 0.4) is 0 Å². The van der Waals surface area contributed by atoms with Gasteiger partial charge in [0, 0.05) is 12.2 Å². The zero-order chi connectivity index (χ0) is 16.3. The SMILES string of the molecule is COc1cccc(-c2nnc(CS(=O)(=O)C3CCCOC3)o2)c1. The van der Waals surface area contributed by atoms with Gasteiger partial charge in [-0.15, -0.1) is 10.2 Å². The average Bonchev–Trinajstić information content (AvgIpc) is 3.03. The summed E-state index contributed by atoms with van der Waals surface area (Å²) in [6, 6.07) is 7.15. The van der Waals surface area contributed by atoms with Crippen molar-refractivity contribution < 1.29 is 22.3 Å². The smallest absolute Gasteiger partial charge is 0.247 e. The lowest BCUT2D eigenvalue weighted by molar-refractivity contribution is 0.0990. The van der Waals surface area contributed by atoms with E-state index in [1.165, 1.54) is 0 Å². The van der Waals surface area contributed by atoms with Gasteiger partial charge in [0.15, 0.2) is 9.84 Å². The molecule has 1 unspecified atom stereocenters. The van der Waals surface area contributed by atoms with Gasteiger partial charge in [-0.2, -0.15) is 0 Å². The first-order valence-electron chi connectivity index (χ1n) is 7.34. The molecule has 3 rings (SSSR count). The number of hydrogen-bond donors (Lipinski definition) is 0. The number of benzene rings is 1. The largest absolute Gasteiger partial charge is 0.497 e. The van der Waals surface area contributed by atoms with E-state index in [0.717, 1.165) is 6.42 Å². The van der Waals surface area contributed by atoms with E-state index in [1.54, 1.807) is 31.4 Å². The van der Waals surface area contributed by atoms with Gasteiger partial charge in [0.05, 0.1) is 19.0 Å². The standard InChI is InChI=1S/C15H18N2O5S/c1-20-12-5-2-4-11(8-12)15-17-16-14(22-15)10-23(18,19)13-6-3-7-21-9-13/h2,4-5,8,13H,3,6-7,9-10H2,1H3. The molecular formula is C15H18N2O5S. The molecule has 1 aromatic carbocycles. The molecule has 0 spiro atoms. The normalized spacial score (nSPS) is 18.7. The van der Waals surface area contributed by atoms with Crippen LogP contribution < -0.4 is 4.74 Å². The van der Waals surface area contributed by atoms with Crippen LogP contribution in [0.1, 0.15) is 18.7 Å². The molecule has 2 heterocycles. The van der Waals surface area contributed by atoms with E-state index in [4.69, 9.17) is 13.9 Å². The number of rotatable bonds is 5. The number of aromatic nitrogens is 2. The Kier molecular flexibility index (Phi) is 4.63. The van der Waals surface area contributed by atoms with Gasteiger partial charge >= 0.3 is 0 Å². The van der Waals surface area contributed by atoms with Crippen LogP contribution in [0.5, 0.6) is 5.75 Å². The van der Waals surface area contributed by atoms with Gasteiger partial charge in [-0.3, -0.25) is 0 Å². The van der Waals surface area contributed by atoms with Crippen LogP contribution in [0.4, 0.5) is 0 Å². The molecule has 1 saturated heterocycles. The minimum Gasteiger partial charge on any atom is -0.497 e. The molecular weight excluding hydrogens is 320 g/mol. The van der Waals surface area contributed by atoms with E-state index in [2.05, 4.69) is 10.2 Å². The number of sulfone groups is 1. The molecule has 1 aromatic heterocycles. The second-order valence-electron chi connectivity index (χ2n) is 5.38. The van der Waals surface area contributed by atoms with Crippen LogP contribution in [0.2, 0.25) is 0 Å². The Morgan fingerprint density at radius 2 is 2.22 bits per heavy atom. The van der Waals surface area contributed by atoms with Crippen LogP contribution in [-0.2, 0) is 20.3 Å². The molecule has 0 saturated carbocycles. The van der Waals surface area contributed by atoms with Gasteiger partial charge in [-0.05, 0) is 31.0 Å². The fraction of sp³-hybridized carbons (Fsp3) is 0.467.